The minimum atomic E-state index is -4.70. The lowest BCUT2D eigenvalue weighted by atomic mass is 9.90. The molecule has 0 aromatic heterocycles. The molecule has 0 spiro atoms. The molecule has 1 saturated heterocycles. The average Bonchev–Trinajstić information content (AvgIpc) is 2.93. The second-order valence-electron chi connectivity index (χ2n) is 8.14. The Hall–Kier alpha value is -2.96. The summed E-state index contributed by atoms with van der Waals surface area (Å²) in [6, 6.07) is 12.6. The first kappa shape index (κ1) is 23.7. The molecule has 0 saturated carbocycles. The normalized spacial score (nSPS) is 19.9. The molecule has 0 bridgehead atoms. The number of anilines is 2. The number of thiocarbonyl (C=S) groups is 1. The van der Waals surface area contributed by atoms with Gasteiger partial charge in [0.1, 0.15) is 11.4 Å². The van der Waals surface area contributed by atoms with Gasteiger partial charge in [0.2, 0.25) is 0 Å². The van der Waals surface area contributed by atoms with E-state index in [9.17, 15) is 13.2 Å². The first-order valence-electron chi connectivity index (χ1n) is 10.0. The number of amidine groups is 1. The molecule has 2 aromatic carbocycles. The zero-order valence-electron chi connectivity index (χ0n) is 18.2. The number of rotatable bonds is 5. The highest BCUT2D eigenvalue weighted by atomic mass is 32.1. The Morgan fingerprint density at radius 1 is 1.19 bits per heavy atom. The fraction of sp³-hybridized carbons (Fsp3) is 0.348. The fourth-order valence-corrected chi connectivity index (χ4v) is 4.48. The Morgan fingerprint density at radius 3 is 2.31 bits per heavy atom. The van der Waals surface area contributed by atoms with E-state index in [0.717, 1.165) is 23.4 Å². The van der Waals surface area contributed by atoms with E-state index in [4.69, 9.17) is 22.9 Å². The van der Waals surface area contributed by atoms with Crippen molar-refractivity contribution in [3.05, 3.63) is 59.2 Å². The van der Waals surface area contributed by atoms with Crippen molar-refractivity contribution in [3.63, 3.8) is 0 Å². The summed E-state index contributed by atoms with van der Waals surface area (Å²) in [7, 11) is 1.81. The molecule has 1 heterocycles. The monoisotopic (exact) mass is 459 g/mol. The Kier molecular flexibility index (Phi) is 6.31. The molecule has 0 aliphatic carbocycles. The van der Waals surface area contributed by atoms with Crippen molar-refractivity contribution in [2.45, 2.75) is 44.9 Å². The van der Waals surface area contributed by atoms with Crippen LogP contribution in [0.3, 0.4) is 0 Å². The number of hydrogen-bond acceptors (Lipinski definition) is 4. The van der Waals surface area contributed by atoms with Gasteiger partial charge in [-0.3, -0.25) is 10.3 Å². The highest BCUT2D eigenvalue weighted by Crippen LogP contribution is 2.41. The number of benzene rings is 2. The van der Waals surface area contributed by atoms with Crippen molar-refractivity contribution in [2.24, 2.45) is 0 Å². The topological polar surface area (TPSA) is 66.2 Å². The minimum Gasteiger partial charge on any atom is -0.317 e. The van der Waals surface area contributed by atoms with Crippen LogP contribution in [0.15, 0.2) is 42.5 Å². The SMILES string of the molecule is CNC(C)CC1(C)C(=N)N(c2ccc(C#N)c(C(F)(F)F)c2)C(=S)N1c1ccc(C)cc1. The van der Waals surface area contributed by atoms with E-state index in [1.165, 1.54) is 11.0 Å². The molecule has 2 atom stereocenters. The highest BCUT2D eigenvalue weighted by molar-refractivity contribution is 7.81. The van der Waals surface area contributed by atoms with E-state index in [1.54, 1.807) is 6.07 Å². The van der Waals surface area contributed by atoms with Crippen molar-refractivity contribution in [3.8, 4) is 6.07 Å². The number of nitriles is 1. The van der Waals surface area contributed by atoms with Gasteiger partial charge < -0.3 is 10.2 Å². The Morgan fingerprint density at radius 2 is 1.78 bits per heavy atom. The van der Waals surface area contributed by atoms with Gasteiger partial charge in [0.25, 0.3) is 0 Å². The molecule has 0 amide bonds. The first-order valence-corrected chi connectivity index (χ1v) is 10.4. The largest absolute Gasteiger partial charge is 0.417 e. The zero-order valence-corrected chi connectivity index (χ0v) is 19.0. The van der Waals surface area contributed by atoms with Crippen molar-refractivity contribution in [2.75, 3.05) is 16.8 Å². The maximum atomic E-state index is 13.6. The van der Waals surface area contributed by atoms with E-state index in [2.05, 4.69) is 5.32 Å². The molecule has 9 heteroatoms. The molecule has 3 rings (SSSR count). The van der Waals surface area contributed by atoms with Gasteiger partial charge in [-0.2, -0.15) is 18.4 Å². The molecule has 32 heavy (non-hydrogen) atoms. The average molecular weight is 460 g/mol. The van der Waals surface area contributed by atoms with Crippen LogP contribution in [0, 0.1) is 23.7 Å². The number of nitrogens with one attached hydrogen (secondary N) is 2. The van der Waals surface area contributed by atoms with Crippen molar-refractivity contribution in [1.82, 2.24) is 5.32 Å². The van der Waals surface area contributed by atoms with E-state index in [0.29, 0.717) is 6.42 Å². The van der Waals surface area contributed by atoms with Crippen molar-refractivity contribution >= 4 is 34.5 Å². The third kappa shape index (κ3) is 4.08. The van der Waals surface area contributed by atoms with Crippen LogP contribution >= 0.6 is 12.2 Å². The maximum absolute atomic E-state index is 13.6. The first-order chi connectivity index (χ1) is 14.9. The summed E-state index contributed by atoms with van der Waals surface area (Å²) in [4.78, 5) is 3.18. The summed E-state index contributed by atoms with van der Waals surface area (Å²) in [5, 5.41) is 21.5. The number of halogens is 3. The number of hydrogen-bond donors (Lipinski definition) is 2. The van der Waals surface area contributed by atoms with Gasteiger partial charge in [-0.1, -0.05) is 17.7 Å². The summed E-state index contributed by atoms with van der Waals surface area (Å²) in [5.41, 5.74) is -0.515. The molecule has 1 fully saturated rings. The smallest absolute Gasteiger partial charge is 0.317 e. The highest BCUT2D eigenvalue weighted by Gasteiger charge is 2.51. The second-order valence-corrected chi connectivity index (χ2v) is 8.51. The molecule has 2 N–H and O–H groups in total. The lowest BCUT2D eigenvalue weighted by Crippen LogP contribution is -2.50. The van der Waals surface area contributed by atoms with E-state index in [-0.39, 0.29) is 22.7 Å². The Bertz CT molecular complexity index is 1090. The van der Waals surface area contributed by atoms with Crippen LogP contribution in [0.1, 0.15) is 37.0 Å². The molecule has 1 aliphatic rings. The van der Waals surface area contributed by atoms with E-state index >= 15 is 0 Å². The van der Waals surface area contributed by atoms with Crippen molar-refractivity contribution < 1.29 is 13.2 Å². The minimum absolute atomic E-state index is 0.0164. The molecular weight excluding hydrogens is 435 g/mol. The molecule has 5 nitrogen and oxygen atoms in total. The van der Waals surface area contributed by atoms with Crippen molar-refractivity contribution in [1.29, 1.82) is 10.7 Å². The van der Waals surface area contributed by atoms with Gasteiger partial charge in [0, 0.05) is 11.7 Å². The summed E-state index contributed by atoms with van der Waals surface area (Å²) in [5.74, 6) is 0.0722. The number of aryl methyl sites for hydroxylation is 1. The summed E-state index contributed by atoms with van der Waals surface area (Å²) in [6.07, 6.45) is -4.21. The van der Waals surface area contributed by atoms with Crippen LogP contribution in [0.25, 0.3) is 0 Å². The lowest BCUT2D eigenvalue weighted by molar-refractivity contribution is -0.137. The molecule has 168 valence electrons. The van der Waals surface area contributed by atoms with Gasteiger partial charge >= 0.3 is 6.18 Å². The molecular formula is C23H24F3N5S. The van der Waals surface area contributed by atoms with Crippen LogP contribution in [-0.4, -0.2) is 29.6 Å². The van der Waals surface area contributed by atoms with Gasteiger partial charge in [0.05, 0.1) is 22.9 Å². The fourth-order valence-electron chi connectivity index (χ4n) is 3.97. The van der Waals surface area contributed by atoms with Gasteiger partial charge in [-0.15, -0.1) is 0 Å². The molecule has 2 aromatic rings. The molecule has 0 radical (unpaired) electrons. The van der Waals surface area contributed by atoms with Gasteiger partial charge in [0.15, 0.2) is 5.11 Å². The Labute approximate surface area is 190 Å². The third-order valence-electron chi connectivity index (χ3n) is 5.79. The van der Waals surface area contributed by atoms with Crippen LogP contribution in [0.2, 0.25) is 0 Å². The summed E-state index contributed by atoms with van der Waals surface area (Å²) < 4.78 is 40.7. The lowest BCUT2D eigenvalue weighted by Gasteiger charge is -2.36. The van der Waals surface area contributed by atoms with E-state index < -0.39 is 22.8 Å². The van der Waals surface area contributed by atoms with E-state index in [1.807, 2.05) is 57.0 Å². The third-order valence-corrected chi connectivity index (χ3v) is 6.15. The predicted octanol–water partition coefficient (Wildman–Crippen LogP) is 5.23. The summed E-state index contributed by atoms with van der Waals surface area (Å²) >= 11 is 5.72. The zero-order chi connectivity index (χ0) is 23.8. The van der Waals surface area contributed by atoms with Gasteiger partial charge in [-0.05, 0) is 76.8 Å². The maximum Gasteiger partial charge on any atom is 0.417 e. The number of nitrogens with zero attached hydrogens (tertiary/aromatic N) is 3. The van der Waals surface area contributed by atoms with Crippen LogP contribution < -0.4 is 15.1 Å². The van der Waals surface area contributed by atoms with Crippen LogP contribution in [-0.2, 0) is 6.18 Å². The van der Waals surface area contributed by atoms with Crippen LogP contribution in [0.4, 0.5) is 24.5 Å². The van der Waals surface area contributed by atoms with Gasteiger partial charge in [-0.25, -0.2) is 0 Å². The second kappa shape index (κ2) is 8.52. The number of alkyl halides is 3. The predicted molar refractivity (Wildman–Crippen MR) is 124 cm³/mol. The Balaban J connectivity index is 2.16. The van der Waals surface area contributed by atoms with Crippen LogP contribution in [0.5, 0.6) is 0 Å². The molecule has 1 aliphatic heterocycles. The molecule has 2 unspecified atom stereocenters. The summed E-state index contributed by atoms with van der Waals surface area (Å²) in [6.45, 7) is 5.79. The standard InChI is InChI=1S/C23H24F3N5S/c1-14-5-8-17(9-6-14)31-21(32)30(20(28)22(31,3)12-15(2)29-4)18-10-7-16(13-27)19(11-18)23(24,25)26/h5-11,15,28-29H,12H2,1-4H3. The quantitative estimate of drug-likeness (QED) is 0.600.